The molecule has 0 spiro atoms. The minimum atomic E-state index is -0.953. The third kappa shape index (κ3) is 6.25. The van der Waals surface area contributed by atoms with E-state index in [0.29, 0.717) is 0 Å². The molecule has 1 aromatic carbocycles. The van der Waals surface area contributed by atoms with Crippen LogP contribution >= 0.6 is 11.6 Å². The van der Waals surface area contributed by atoms with Crippen molar-refractivity contribution in [1.82, 2.24) is 25.6 Å². The van der Waals surface area contributed by atoms with Crippen LogP contribution in [0.1, 0.15) is 18.9 Å². The number of carbonyl (C=O) groups is 3. The van der Waals surface area contributed by atoms with Gasteiger partial charge in [0.2, 0.25) is 34.9 Å². The monoisotopic (exact) mass is 446 g/mol. The Bertz CT molecular complexity index is 958. The molecule has 164 valence electrons. The van der Waals surface area contributed by atoms with Crippen LogP contribution in [-0.2, 0) is 20.8 Å². The largest absolute Gasteiger partial charge is 0.368 e. The molecule has 2 bridgehead atoms. The molecule has 0 saturated carbocycles. The molecule has 2 aromatic rings. The van der Waals surface area contributed by atoms with Crippen LogP contribution < -0.4 is 27.0 Å². The summed E-state index contributed by atoms with van der Waals surface area (Å²) in [5, 5.41) is 11.0. The van der Waals surface area contributed by atoms with Crippen LogP contribution in [-0.4, -0.2) is 57.3 Å². The standard InChI is InChI=1S/C19H23ClN8O3/c1-10-15(30)25-13(9-11-5-3-2-4-6-11)16(31)24-12(14(21)29)7-8-22-18-26-17(20)27-19(23-10)28-18/h2-6,10,12-13H,7-9H2,1H3,(H2,21,29)(H,24,31)(H,25,30)(H2,22,23,26,27,28)/t10-,12+,13-/m0/s1. The van der Waals surface area contributed by atoms with Crippen LogP contribution in [0.25, 0.3) is 0 Å². The first-order chi connectivity index (χ1) is 14.8. The molecule has 12 heteroatoms. The van der Waals surface area contributed by atoms with E-state index in [1.807, 2.05) is 30.3 Å². The second kappa shape index (κ2) is 10.0. The predicted molar refractivity (Wildman–Crippen MR) is 114 cm³/mol. The number of amides is 3. The maximum Gasteiger partial charge on any atom is 0.243 e. The average Bonchev–Trinajstić information content (AvgIpc) is 2.72. The van der Waals surface area contributed by atoms with E-state index in [0.717, 1.165) is 5.56 Å². The van der Waals surface area contributed by atoms with Crippen molar-refractivity contribution >= 4 is 41.2 Å². The number of nitrogens with zero attached hydrogens (tertiary/aromatic N) is 3. The number of nitrogens with one attached hydrogen (secondary N) is 4. The fraction of sp³-hybridized carbons (Fsp3) is 0.368. The molecule has 2 heterocycles. The highest BCUT2D eigenvalue weighted by Crippen LogP contribution is 2.12. The maximum absolute atomic E-state index is 12.9. The van der Waals surface area contributed by atoms with Gasteiger partial charge in [0.1, 0.15) is 18.1 Å². The fourth-order valence-corrected chi connectivity index (χ4v) is 3.15. The summed E-state index contributed by atoms with van der Waals surface area (Å²) in [5.74, 6) is -1.42. The van der Waals surface area contributed by atoms with Gasteiger partial charge in [0.25, 0.3) is 0 Å². The molecule has 11 nitrogen and oxygen atoms in total. The lowest BCUT2D eigenvalue weighted by Crippen LogP contribution is -2.55. The van der Waals surface area contributed by atoms with Crippen LogP contribution in [0.3, 0.4) is 0 Å². The molecule has 31 heavy (non-hydrogen) atoms. The Labute approximate surface area is 183 Å². The highest BCUT2D eigenvalue weighted by Gasteiger charge is 2.28. The van der Waals surface area contributed by atoms with E-state index in [4.69, 9.17) is 17.3 Å². The van der Waals surface area contributed by atoms with E-state index in [9.17, 15) is 14.4 Å². The number of aromatic nitrogens is 3. The third-order valence-electron chi connectivity index (χ3n) is 4.64. The van der Waals surface area contributed by atoms with Crippen molar-refractivity contribution < 1.29 is 14.4 Å². The zero-order chi connectivity index (χ0) is 22.4. The molecular formula is C19H23ClN8O3. The first-order valence-corrected chi connectivity index (χ1v) is 10.1. The molecule has 1 aliphatic heterocycles. The van der Waals surface area contributed by atoms with Crippen molar-refractivity contribution in [2.75, 3.05) is 17.2 Å². The van der Waals surface area contributed by atoms with Crippen LogP contribution in [0.2, 0.25) is 5.28 Å². The summed E-state index contributed by atoms with van der Waals surface area (Å²) < 4.78 is 0. The summed E-state index contributed by atoms with van der Waals surface area (Å²) in [6.45, 7) is 1.83. The summed E-state index contributed by atoms with van der Waals surface area (Å²) in [6.07, 6.45) is 0.409. The van der Waals surface area contributed by atoms with Gasteiger partial charge in [-0.25, -0.2) is 0 Å². The van der Waals surface area contributed by atoms with Gasteiger partial charge < -0.3 is 27.0 Å². The zero-order valence-electron chi connectivity index (χ0n) is 16.8. The minimum Gasteiger partial charge on any atom is -0.368 e. The number of halogens is 1. The Morgan fingerprint density at radius 1 is 1.06 bits per heavy atom. The second-order valence-electron chi connectivity index (χ2n) is 7.05. The molecule has 0 radical (unpaired) electrons. The van der Waals surface area contributed by atoms with E-state index < -0.39 is 35.8 Å². The summed E-state index contributed by atoms with van der Waals surface area (Å²) >= 11 is 5.94. The first kappa shape index (κ1) is 22.2. The van der Waals surface area contributed by atoms with E-state index in [-0.39, 0.29) is 36.6 Å². The molecule has 0 fully saturated rings. The smallest absolute Gasteiger partial charge is 0.243 e. The summed E-state index contributed by atoms with van der Waals surface area (Å²) in [7, 11) is 0. The van der Waals surface area contributed by atoms with Gasteiger partial charge in [-0.2, -0.15) is 15.0 Å². The van der Waals surface area contributed by atoms with E-state index in [1.165, 1.54) is 0 Å². The minimum absolute atomic E-state index is 0.0681. The molecule has 0 aliphatic carbocycles. The van der Waals surface area contributed by atoms with Crippen LogP contribution in [0, 0.1) is 0 Å². The quantitative estimate of drug-likeness (QED) is 0.434. The van der Waals surface area contributed by atoms with Crippen LogP contribution in [0.5, 0.6) is 0 Å². The lowest BCUT2D eigenvalue weighted by atomic mass is 10.0. The summed E-state index contributed by atoms with van der Waals surface area (Å²) in [5.41, 5.74) is 6.30. The van der Waals surface area contributed by atoms with Gasteiger partial charge in [-0.3, -0.25) is 14.4 Å². The number of fused-ring (bicyclic) bond motifs is 2. The Kier molecular flexibility index (Phi) is 7.19. The molecule has 3 atom stereocenters. The van der Waals surface area contributed by atoms with Crippen LogP contribution in [0.15, 0.2) is 30.3 Å². The Morgan fingerprint density at radius 3 is 2.48 bits per heavy atom. The van der Waals surface area contributed by atoms with Gasteiger partial charge >= 0.3 is 0 Å². The topological polar surface area (TPSA) is 164 Å². The molecular weight excluding hydrogens is 424 g/mol. The number of nitrogens with two attached hydrogens (primary N) is 1. The lowest BCUT2D eigenvalue weighted by molar-refractivity contribution is -0.131. The summed E-state index contributed by atoms with van der Waals surface area (Å²) in [6, 6.07) is 6.55. The molecule has 6 N–H and O–H groups in total. The number of anilines is 2. The molecule has 1 aliphatic rings. The van der Waals surface area contributed by atoms with Gasteiger partial charge in [-0.15, -0.1) is 0 Å². The second-order valence-corrected chi connectivity index (χ2v) is 7.39. The van der Waals surface area contributed by atoms with Crippen molar-refractivity contribution in [3.05, 3.63) is 41.2 Å². The Hall–Kier alpha value is -3.47. The van der Waals surface area contributed by atoms with Crippen molar-refractivity contribution in [1.29, 1.82) is 0 Å². The number of benzene rings is 1. The van der Waals surface area contributed by atoms with Gasteiger partial charge in [0.05, 0.1) is 0 Å². The van der Waals surface area contributed by atoms with E-state index in [1.54, 1.807) is 6.92 Å². The van der Waals surface area contributed by atoms with Gasteiger partial charge in [-0.1, -0.05) is 30.3 Å². The van der Waals surface area contributed by atoms with Crippen molar-refractivity contribution in [3.63, 3.8) is 0 Å². The van der Waals surface area contributed by atoms with E-state index in [2.05, 4.69) is 36.2 Å². The fourth-order valence-electron chi connectivity index (χ4n) is 2.99. The number of rotatable bonds is 3. The number of hydrogen-bond acceptors (Lipinski definition) is 8. The molecule has 0 unspecified atom stereocenters. The molecule has 1 aromatic heterocycles. The predicted octanol–water partition coefficient (Wildman–Crippen LogP) is -0.161. The van der Waals surface area contributed by atoms with Gasteiger partial charge in [0.15, 0.2) is 0 Å². The summed E-state index contributed by atoms with van der Waals surface area (Å²) in [4.78, 5) is 49.6. The Balaban J connectivity index is 1.89. The number of primary amides is 1. The normalized spacial score (nSPS) is 22.2. The first-order valence-electron chi connectivity index (χ1n) is 9.68. The number of carbonyl (C=O) groups excluding carboxylic acids is 3. The van der Waals surface area contributed by atoms with Gasteiger partial charge in [-0.05, 0) is 30.5 Å². The SMILES string of the molecule is C[C@@H]1Nc2nc(Cl)nc(n2)NCC[C@H](C(N)=O)NC(=O)[C@H](Cc2ccccc2)NC1=O. The highest BCUT2D eigenvalue weighted by atomic mass is 35.5. The highest BCUT2D eigenvalue weighted by molar-refractivity contribution is 6.28. The maximum atomic E-state index is 12.9. The van der Waals surface area contributed by atoms with Crippen molar-refractivity contribution in [2.45, 2.75) is 37.9 Å². The van der Waals surface area contributed by atoms with E-state index >= 15 is 0 Å². The molecule has 3 amide bonds. The molecule has 0 saturated heterocycles. The lowest BCUT2D eigenvalue weighted by Gasteiger charge is -2.24. The van der Waals surface area contributed by atoms with Gasteiger partial charge in [0, 0.05) is 13.0 Å². The van der Waals surface area contributed by atoms with Crippen molar-refractivity contribution in [2.24, 2.45) is 5.73 Å². The number of hydrogen-bond donors (Lipinski definition) is 5. The average molecular weight is 447 g/mol. The third-order valence-corrected chi connectivity index (χ3v) is 4.81. The Morgan fingerprint density at radius 2 is 1.77 bits per heavy atom. The molecule has 3 rings (SSSR count). The van der Waals surface area contributed by atoms with Crippen molar-refractivity contribution in [3.8, 4) is 0 Å². The zero-order valence-corrected chi connectivity index (χ0v) is 17.5. The van der Waals surface area contributed by atoms with Crippen LogP contribution in [0.4, 0.5) is 11.9 Å².